The number of aromatic amines is 1. The van der Waals surface area contributed by atoms with Crippen LogP contribution in [0.15, 0.2) is 47.3 Å². The van der Waals surface area contributed by atoms with E-state index in [2.05, 4.69) is 21.0 Å². The van der Waals surface area contributed by atoms with Crippen LogP contribution < -0.4 is 16.4 Å². The summed E-state index contributed by atoms with van der Waals surface area (Å²) in [6.07, 6.45) is 0.104. The van der Waals surface area contributed by atoms with E-state index in [9.17, 15) is 14.4 Å². The molecule has 2 amide bonds. The Balaban J connectivity index is 1.71. The molecule has 0 aliphatic heterocycles. The fourth-order valence-electron chi connectivity index (χ4n) is 2.75. The van der Waals surface area contributed by atoms with Crippen LogP contribution in [0.3, 0.4) is 0 Å². The molecule has 3 rings (SSSR count). The molecule has 3 N–H and O–H groups in total. The summed E-state index contributed by atoms with van der Waals surface area (Å²) in [4.78, 5) is 36.3. The van der Waals surface area contributed by atoms with Crippen LogP contribution in [0, 0.1) is 13.8 Å². The number of H-pyrrole nitrogens is 1. The smallest absolute Gasteiger partial charge is 0.273 e. The summed E-state index contributed by atoms with van der Waals surface area (Å²) in [6.45, 7) is 3.31. The van der Waals surface area contributed by atoms with E-state index in [0.29, 0.717) is 11.3 Å². The van der Waals surface area contributed by atoms with Gasteiger partial charge in [-0.05, 0) is 35.7 Å². The first kappa shape index (κ1) is 17.3. The molecule has 7 heteroatoms. The van der Waals surface area contributed by atoms with Gasteiger partial charge < -0.3 is 0 Å². The Morgan fingerprint density at radius 3 is 2.58 bits per heavy atom. The molecule has 132 valence electrons. The van der Waals surface area contributed by atoms with Gasteiger partial charge in [-0.2, -0.15) is 5.10 Å². The lowest BCUT2D eigenvalue weighted by atomic mass is 10.0. The Kier molecular flexibility index (Phi) is 4.79. The molecule has 0 aliphatic carbocycles. The summed E-state index contributed by atoms with van der Waals surface area (Å²) < 4.78 is 0. The van der Waals surface area contributed by atoms with Crippen LogP contribution in [0.5, 0.6) is 0 Å². The third-order valence-corrected chi connectivity index (χ3v) is 4.24. The predicted molar refractivity (Wildman–Crippen MR) is 97.6 cm³/mol. The Hall–Kier alpha value is -3.48. The van der Waals surface area contributed by atoms with Gasteiger partial charge in [-0.25, -0.2) is 5.10 Å². The Bertz CT molecular complexity index is 1050. The van der Waals surface area contributed by atoms with E-state index in [4.69, 9.17) is 0 Å². The van der Waals surface area contributed by atoms with Gasteiger partial charge in [-0.1, -0.05) is 42.5 Å². The summed E-state index contributed by atoms with van der Waals surface area (Å²) in [6, 6.07) is 13.5. The number of fused-ring (bicyclic) bond motifs is 1. The van der Waals surface area contributed by atoms with Crippen molar-refractivity contribution in [3.8, 4) is 0 Å². The third kappa shape index (κ3) is 3.46. The number of nitrogens with zero attached hydrogens (tertiary/aromatic N) is 1. The molecule has 0 unspecified atom stereocenters. The van der Waals surface area contributed by atoms with Crippen LogP contribution in [0.1, 0.15) is 27.2 Å². The fraction of sp³-hybridized carbons (Fsp3) is 0.158. The molecule has 0 atom stereocenters. The zero-order chi connectivity index (χ0) is 18.7. The van der Waals surface area contributed by atoms with Crippen molar-refractivity contribution in [2.45, 2.75) is 20.3 Å². The quantitative estimate of drug-likeness (QED) is 0.623. The number of amides is 2. The minimum atomic E-state index is -0.680. The van der Waals surface area contributed by atoms with Crippen LogP contribution in [-0.2, 0) is 11.2 Å². The van der Waals surface area contributed by atoms with Crippen molar-refractivity contribution < 1.29 is 9.59 Å². The highest BCUT2D eigenvalue weighted by atomic mass is 16.2. The first-order chi connectivity index (χ1) is 12.5. The van der Waals surface area contributed by atoms with Crippen LogP contribution >= 0.6 is 0 Å². The monoisotopic (exact) mass is 350 g/mol. The number of rotatable bonds is 3. The first-order valence-electron chi connectivity index (χ1n) is 8.09. The van der Waals surface area contributed by atoms with Gasteiger partial charge in [-0.3, -0.25) is 25.2 Å². The number of aromatic nitrogens is 2. The molecular weight excluding hydrogens is 332 g/mol. The highest BCUT2D eigenvalue weighted by Gasteiger charge is 2.17. The summed E-state index contributed by atoms with van der Waals surface area (Å²) in [5.41, 5.74) is 5.83. The number of hydrazine groups is 1. The molecule has 2 aromatic carbocycles. The molecule has 26 heavy (non-hydrogen) atoms. The van der Waals surface area contributed by atoms with Gasteiger partial charge in [0.15, 0.2) is 0 Å². The third-order valence-electron chi connectivity index (χ3n) is 4.24. The second-order valence-electron chi connectivity index (χ2n) is 5.96. The topological polar surface area (TPSA) is 104 Å². The number of hydrogen-bond donors (Lipinski definition) is 3. The van der Waals surface area contributed by atoms with E-state index in [1.54, 1.807) is 13.8 Å². The molecule has 0 radical (unpaired) electrons. The van der Waals surface area contributed by atoms with Crippen molar-refractivity contribution in [1.82, 2.24) is 21.0 Å². The number of aryl methyl sites for hydroxylation is 1. The fourth-order valence-corrected chi connectivity index (χ4v) is 2.75. The van der Waals surface area contributed by atoms with Crippen LogP contribution in [0.25, 0.3) is 10.8 Å². The Labute approximate surface area is 149 Å². The van der Waals surface area contributed by atoms with E-state index in [0.717, 1.165) is 16.3 Å². The first-order valence-corrected chi connectivity index (χ1v) is 8.09. The summed E-state index contributed by atoms with van der Waals surface area (Å²) in [5.74, 6) is -1.06. The van der Waals surface area contributed by atoms with Gasteiger partial charge in [0.1, 0.15) is 5.56 Å². The number of hydrogen-bond acceptors (Lipinski definition) is 4. The van der Waals surface area contributed by atoms with Crippen molar-refractivity contribution in [2.75, 3.05) is 0 Å². The minimum absolute atomic E-state index is 0.0667. The second kappa shape index (κ2) is 7.18. The standard InChI is InChI=1S/C19H18N4O3/c1-11-12(2)20-22-18(25)17(11)19(26)23-21-16(24)10-14-8-5-7-13-6-3-4-9-15(13)14/h3-9H,10H2,1-2H3,(H,21,24)(H,22,25)(H,23,26). The van der Waals surface area contributed by atoms with Crippen molar-refractivity contribution in [3.05, 3.63) is 75.2 Å². The zero-order valence-corrected chi connectivity index (χ0v) is 14.4. The van der Waals surface area contributed by atoms with Crippen LogP contribution in [0.4, 0.5) is 0 Å². The van der Waals surface area contributed by atoms with Gasteiger partial charge in [0, 0.05) is 0 Å². The van der Waals surface area contributed by atoms with Gasteiger partial charge >= 0.3 is 0 Å². The molecule has 0 bridgehead atoms. The summed E-state index contributed by atoms with van der Waals surface area (Å²) in [7, 11) is 0. The second-order valence-corrected chi connectivity index (χ2v) is 5.96. The maximum absolute atomic E-state index is 12.2. The lowest BCUT2D eigenvalue weighted by Gasteiger charge is -2.10. The molecule has 7 nitrogen and oxygen atoms in total. The predicted octanol–water partition coefficient (Wildman–Crippen LogP) is 1.54. The van der Waals surface area contributed by atoms with E-state index in [-0.39, 0.29) is 17.9 Å². The lowest BCUT2D eigenvalue weighted by molar-refractivity contribution is -0.121. The lowest BCUT2D eigenvalue weighted by Crippen LogP contribution is -2.44. The molecule has 0 fully saturated rings. The molecule has 0 spiro atoms. The van der Waals surface area contributed by atoms with E-state index >= 15 is 0 Å². The number of benzene rings is 2. The largest absolute Gasteiger partial charge is 0.277 e. The molecule has 3 aromatic rings. The molecule has 1 aromatic heterocycles. The highest BCUT2D eigenvalue weighted by Crippen LogP contribution is 2.18. The van der Waals surface area contributed by atoms with E-state index in [1.165, 1.54) is 0 Å². The zero-order valence-electron chi connectivity index (χ0n) is 14.4. The molecule has 0 aliphatic rings. The number of nitrogens with one attached hydrogen (secondary N) is 3. The van der Waals surface area contributed by atoms with Gasteiger partial charge in [0.25, 0.3) is 11.5 Å². The SMILES string of the molecule is Cc1n[nH]c(=O)c(C(=O)NNC(=O)Cc2cccc3ccccc23)c1C. The van der Waals surface area contributed by atoms with E-state index < -0.39 is 11.5 Å². The van der Waals surface area contributed by atoms with Gasteiger partial charge in [0.05, 0.1) is 12.1 Å². The average Bonchev–Trinajstić information content (AvgIpc) is 2.64. The molecular formula is C19H18N4O3. The highest BCUT2D eigenvalue weighted by molar-refractivity contribution is 5.97. The number of carbonyl (C=O) groups is 2. The van der Waals surface area contributed by atoms with E-state index in [1.807, 2.05) is 42.5 Å². The normalized spacial score (nSPS) is 10.5. The molecule has 0 saturated heterocycles. The Morgan fingerprint density at radius 2 is 1.77 bits per heavy atom. The molecule has 0 saturated carbocycles. The van der Waals surface area contributed by atoms with Gasteiger partial charge in [0.2, 0.25) is 5.91 Å². The van der Waals surface area contributed by atoms with Crippen molar-refractivity contribution in [3.63, 3.8) is 0 Å². The summed E-state index contributed by atoms with van der Waals surface area (Å²) >= 11 is 0. The van der Waals surface area contributed by atoms with Gasteiger partial charge in [-0.15, -0.1) is 0 Å². The van der Waals surface area contributed by atoms with Crippen LogP contribution in [-0.4, -0.2) is 22.0 Å². The Morgan fingerprint density at radius 1 is 1.04 bits per heavy atom. The average molecular weight is 350 g/mol. The van der Waals surface area contributed by atoms with Crippen molar-refractivity contribution in [1.29, 1.82) is 0 Å². The van der Waals surface area contributed by atoms with Crippen LogP contribution in [0.2, 0.25) is 0 Å². The minimum Gasteiger partial charge on any atom is -0.273 e. The summed E-state index contributed by atoms with van der Waals surface area (Å²) in [5, 5.41) is 8.07. The van der Waals surface area contributed by atoms with Crippen molar-refractivity contribution in [2.24, 2.45) is 0 Å². The van der Waals surface area contributed by atoms with Crippen molar-refractivity contribution >= 4 is 22.6 Å². The number of carbonyl (C=O) groups excluding carboxylic acids is 2. The maximum Gasteiger partial charge on any atom is 0.277 e. The maximum atomic E-state index is 12.2. The molecule has 1 heterocycles.